The Bertz CT molecular complexity index is 1070. The van der Waals surface area contributed by atoms with Crippen molar-refractivity contribution in [2.24, 2.45) is 5.92 Å². The van der Waals surface area contributed by atoms with Crippen LogP contribution in [0.3, 0.4) is 0 Å². The van der Waals surface area contributed by atoms with Crippen molar-refractivity contribution in [3.8, 4) is 0 Å². The number of halogens is 4. The van der Waals surface area contributed by atoms with E-state index < -0.39 is 17.5 Å². The second kappa shape index (κ2) is 10.0. The fourth-order valence-electron chi connectivity index (χ4n) is 4.04. The molecule has 3 aromatic carbocycles. The van der Waals surface area contributed by atoms with Crippen LogP contribution >= 0.6 is 0 Å². The standard InChI is InChI=1S/C26H26F4O2/c1-2-16-14-31-24(32-15-16)10-5-17-4-9-21-20(11-17)8-7-19(25(21)29)6-3-18-12-22(27)26(30)23(28)13-18/h4,7-9,11-13,16,24H,2-3,5-6,10,14-15H2,1H3. The molecule has 3 aromatic rings. The number of aryl methyl sites for hydroxylation is 3. The van der Waals surface area contributed by atoms with Crippen molar-refractivity contribution in [3.63, 3.8) is 0 Å². The predicted octanol–water partition coefficient (Wildman–Crippen LogP) is 6.51. The molecule has 1 saturated heterocycles. The van der Waals surface area contributed by atoms with E-state index in [1.54, 1.807) is 12.1 Å². The third-order valence-corrected chi connectivity index (χ3v) is 6.11. The van der Waals surface area contributed by atoms with Gasteiger partial charge in [-0.25, -0.2) is 17.6 Å². The van der Waals surface area contributed by atoms with E-state index in [2.05, 4.69) is 6.92 Å². The van der Waals surface area contributed by atoms with Crippen molar-refractivity contribution < 1.29 is 27.0 Å². The van der Waals surface area contributed by atoms with Gasteiger partial charge in [0.25, 0.3) is 0 Å². The Morgan fingerprint density at radius 3 is 2.19 bits per heavy atom. The molecule has 6 heteroatoms. The molecule has 0 bridgehead atoms. The van der Waals surface area contributed by atoms with Crippen molar-refractivity contribution in [2.75, 3.05) is 13.2 Å². The summed E-state index contributed by atoms with van der Waals surface area (Å²) in [6, 6.07) is 11.1. The Labute approximate surface area is 185 Å². The van der Waals surface area contributed by atoms with Crippen LogP contribution < -0.4 is 0 Å². The van der Waals surface area contributed by atoms with Gasteiger partial charge < -0.3 is 9.47 Å². The molecule has 0 aromatic heterocycles. The molecule has 0 radical (unpaired) electrons. The molecular weight excluding hydrogens is 420 g/mol. The molecule has 1 heterocycles. The highest BCUT2D eigenvalue weighted by Gasteiger charge is 2.20. The summed E-state index contributed by atoms with van der Waals surface area (Å²) in [5, 5.41) is 1.29. The van der Waals surface area contributed by atoms with Gasteiger partial charge in [-0.15, -0.1) is 0 Å². The number of hydrogen-bond donors (Lipinski definition) is 0. The molecule has 0 saturated carbocycles. The minimum atomic E-state index is -1.49. The lowest BCUT2D eigenvalue weighted by molar-refractivity contribution is -0.202. The van der Waals surface area contributed by atoms with Crippen LogP contribution in [0.2, 0.25) is 0 Å². The molecule has 0 unspecified atom stereocenters. The van der Waals surface area contributed by atoms with Gasteiger partial charge >= 0.3 is 0 Å². The number of ether oxygens (including phenoxy) is 2. The van der Waals surface area contributed by atoms with Crippen LogP contribution in [0.15, 0.2) is 42.5 Å². The van der Waals surface area contributed by atoms with Gasteiger partial charge in [0.05, 0.1) is 13.2 Å². The Morgan fingerprint density at radius 2 is 1.50 bits per heavy atom. The zero-order valence-electron chi connectivity index (χ0n) is 18.0. The molecule has 2 nitrogen and oxygen atoms in total. The first-order valence-electron chi connectivity index (χ1n) is 11.0. The molecular formula is C26H26F4O2. The quantitative estimate of drug-likeness (QED) is 0.304. The molecule has 1 aliphatic rings. The minimum Gasteiger partial charge on any atom is -0.352 e. The normalized spacial score (nSPS) is 18.9. The largest absolute Gasteiger partial charge is 0.352 e. The van der Waals surface area contributed by atoms with E-state index in [9.17, 15) is 13.2 Å². The summed E-state index contributed by atoms with van der Waals surface area (Å²) < 4.78 is 66.5. The molecule has 1 aliphatic heterocycles. The molecule has 32 heavy (non-hydrogen) atoms. The second-order valence-corrected chi connectivity index (χ2v) is 8.38. The highest BCUT2D eigenvalue weighted by molar-refractivity contribution is 5.84. The first kappa shape index (κ1) is 22.7. The number of benzene rings is 3. The summed E-state index contributed by atoms with van der Waals surface area (Å²) in [6.07, 6.45) is 2.81. The van der Waals surface area contributed by atoms with Crippen LogP contribution in [0.5, 0.6) is 0 Å². The summed E-state index contributed by atoms with van der Waals surface area (Å²) in [5.41, 5.74) is 1.81. The van der Waals surface area contributed by atoms with Gasteiger partial charge in [-0.05, 0) is 59.9 Å². The Hall–Kier alpha value is -2.44. The second-order valence-electron chi connectivity index (χ2n) is 8.38. The smallest absolute Gasteiger partial charge is 0.194 e. The van der Waals surface area contributed by atoms with Crippen LogP contribution in [-0.4, -0.2) is 19.5 Å². The van der Waals surface area contributed by atoms with Crippen molar-refractivity contribution >= 4 is 10.8 Å². The van der Waals surface area contributed by atoms with Crippen LogP contribution in [0, 0.1) is 29.2 Å². The first-order valence-corrected chi connectivity index (χ1v) is 11.0. The first-order chi connectivity index (χ1) is 15.4. The molecule has 0 atom stereocenters. The van der Waals surface area contributed by atoms with E-state index in [4.69, 9.17) is 9.47 Å². The van der Waals surface area contributed by atoms with Gasteiger partial charge in [0.15, 0.2) is 23.7 Å². The Balaban J connectivity index is 1.41. The summed E-state index contributed by atoms with van der Waals surface area (Å²) >= 11 is 0. The molecule has 4 rings (SSSR count). The molecule has 0 spiro atoms. The van der Waals surface area contributed by atoms with Gasteiger partial charge in [-0.2, -0.15) is 0 Å². The number of hydrogen-bond acceptors (Lipinski definition) is 2. The SMILES string of the molecule is CCC1COC(CCc2ccc3c(F)c(CCc4cc(F)c(F)c(F)c4)ccc3c2)OC1. The third kappa shape index (κ3) is 5.13. The van der Waals surface area contributed by atoms with Crippen molar-refractivity contribution in [1.29, 1.82) is 0 Å². The van der Waals surface area contributed by atoms with E-state index in [-0.39, 0.29) is 30.5 Å². The van der Waals surface area contributed by atoms with Gasteiger partial charge in [0.2, 0.25) is 0 Å². The third-order valence-electron chi connectivity index (χ3n) is 6.11. The van der Waals surface area contributed by atoms with E-state index >= 15 is 4.39 Å². The van der Waals surface area contributed by atoms with E-state index in [0.29, 0.717) is 16.9 Å². The maximum atomic E-state index is 15.0. The summed E-state index contributed by atoms with van der Waals surface area (Å²) in [5.74, 6) is -3.85. The molecule has 0 amide bonds. The lowest BCUT2D eigenvalue weighted by atomic mass is 9.98. The van der Waals surface area contributed by atoms with E-state index in [0.717, 1.165) is 55.6 Å². The van der Waals surface area contributed by atoms with Crippen LogP contribution in [0.1, 0.15) is 36.5 Å². The fraction of sp³-hybridized carbons (Fsp3) is 0.385. The molecule has 0 N–H and O–H groups in total. The maximum Gasteiger partial charge on any atom is 0.194 e. The topological polar surface area (TPSA) is 18.5 Å². The number of rotatable bonds is 7. The highest BCUT2D eigenvalue weighted by Crippen LogP contribution is 2.25. The van der Waals surface area contributed by atoms with Gasteiger partial charge in [-0.3, -0.25) is 0 Å². The molecule has 170 valence electrons. The van der Waals surface area contributed by atoms with E-state index in [1.165, 1.54) is 0 Å². The molecule has 1 fully saturated rings. The lowest BCUT2D eigenvalue weighted by Gasteiger charge is -2.28. The summed E-state index contributed by atoms with van der Waals surface area (Å²) in [4.78, 5) is 0. The monoisotopic (exact) mass is 446 g/mol. The minimum absolute atomic E-state index is 0.200. The Kier molecular flexibility index (Phi) is 7.11. The van der Waals surface area contributed by atoms with Crippen molar-refractivity contribution in [2.45, 2.75) is 45.3 Å². The van der Waals surface area contributed by atoms with Crippen molar-refractivity contribution in [1.82, 2.24) is 0 Å². The van der Waals surface area contributed by atoms with Gasteiger partial charge in [0, 0.05) is 17.7 Å². The van der Waals surface area contributed by atoms with E-state index in [1.807, 2.05) is 18.2 Å². The average molecular weight is 446 g/mol. The summed E-state index contributed by atoms with van der Waals surface area (Å²) in [7, 11) is 0. The predicted molar refractivity (Wildman–Crippen MR) is 115 cm³/mol. The van der Waals surface area contributed by atoms with Crippen molar-refractivity contribution in [3.05, 3.63) is 82.4 Å². The van der Waals surface area contributed by atoms with Crippen LogP contribution in [0.25, 0.3) is 10.8 Å². The number of fused-ring (bicyclic) bond motifs is 1. The van der Waals surface area contributed by atoms with Gasteiger partial charge in [-0.1, -0.05) is 37.3 Å². The average Bonchev–Trinajstić information content (AvgIpc) is 2.81. The van der Waals surface area contributed by atoms with Crippen LogP contribution in [-0.2, 0) is 28.7 Å². The summed E-state index contributed by atoms with van der Waals surface area (Å²) in [6.45, 7) is 3.58. The molecule has 0 aliphatic carbocycles. The Morgan fingerprint density at radius 1 is 0.781 bits per heavy atom. The highest BCUT2D eigenvalue weighted by atomic mass is 19.2. The lowest BCUT2D eigenvalue weighted by Crippen LogP contribution is -2.32. The zero-order chi connectivity index (χ0) is 22.7. The van der Waals surface area contributed by atoms with Gasteiger partial charge in [0.1, 0.15) is 5.82 Å². The zero-order valence-corrected chi connectivity index (χ0v) is 18.0. The maximum absolute atomic E-state index is 15.0. The fourth-order valence-corrected chi connectivity index (χ4v) is 4.04. The van der Waals surface area contributed by atoms with Crippen LogP contribution in [0.4, 0.5) is 17.6 Å².